The lowest BCUT2D eigenvalue weighted by atomic mass is 9.67. The number of hydrogen-bond donors (Lipinski definition) is 3. The molecule has 1 unspecified atom stereocenters. The second kappa shape index (κ2) is 14.4. The molecule has 4 rings (SSSR count). The highest BCUT2D eigenvalue weighted by molar-refractivity contribution is 8.00. The lowest BCUT2D eigenvalue weighted by Crippen LogP contribution is -2.60. The maximum Gasteiger partial charge on any atom is 0.321 e. The van der Waals surface area contributed by atoms with E-state index in [0.29, 0.717) is 38.0 Å². The maximum absolute atomic E-state index is 12.8. The number of ketones is 1. The molecule has 0 radical (unpaired) electrons. The van der Waals surface area contributed by atoms with Gasteiger partial charge in [0.2, 0.25) is 11.8 Å². The molecule has 11 heteroatoms. The summed E-state index contributed by atoms with van der Waals surface area (Å²) >= 11 is 1.29. The van der Waals surface area contributed by atoms with E-state index in [0.717, 1.165) is 17.7 Å². The molecule has 4 amide bonds. The van der Waals surface area contributed by atoms with Gasteiger partial charge in [0.05, 0.1) is 36.2 Å². The molecule has 2 saturated heterocycles. The molecule has 3 N–H and O–H groups in total. The summed E-state index contributed by atoms with van der Waals surface area (Å²) < 4.78 is 18.2. The lowest BCUT2D eigenvalue weighted by Gasteiger charge is -2.43. The molecule has 10 nitrogen and oxygen atoms in total. The number of imide groups is 1. The van der Waals surface area contributed by atoms with E-state index in [4.69, 9.17) is 14.2 Å². The molecule has 0 bridgehead atoms. The average Bonchev–Trinajstić information content (AvgIpc) is 3.88. The highest BCUT2D eigenvalue weighted by atomic mass is 32.2. The predicted octanol–water partition coefficient (Wildman–Crippen LogP) is 4.77. The third kappa shape index (κ3) is 8.68. The zero-order valence-electron chi connectivity index (χ0n) is 25.8. The first-order chi connectivity index (χ1) is 20.5. The fourth-order valence-corrected chi connectivity index (χ4v) is 6.84. The summed E-state index contributed by atoms with van der Waals surface area (Å²) in [6.07, 6.45) is 5.95. The highest BCUT2D eigenvalue weighted by Crippen LogP contribution is 2.59. The van der Waals surface area contributed by atoms with Gasteiger partial charge in [0.15, 0.2) is 0 Å². The Labute approximate surface area is 258 Å². The van der Waals surface area contributed by atoms with Crippen LogP contribution in [-0.4, -0.2) is 72.6 Å². The number of thioether (sulfide) groups is 1. The molecular weight excluding hydrogens is 570 g/mol. The number of carbonyl (C=O) groups is 4. The standard InChI is InChI=1S/C32H45N3O7S/c1-6-22(36)8-7-9-26(37)33-21-11-13-23(14-12-21)43-18-27(38)35-30(39)34-24-16-17-32(19-41-32)29(28(24)40-5)31(4)25(42-31)15-10-20(2)3/h10-14,24-25,28-29H,6-9,15-19H2,1-5H3,(H,33,37)(H2,34,35,38,39)/t24-,25-,28-,29-,31?,32+/m1/s1. The summed E-state index contributed by atoms with van der Waals surface area (Å²) in [5.74, 6) is -0.383. The number of hydrogen-bond acceptors (Lipinski definition) is 8. The minimum atomic E-state index is -0.550. The van der Waals surface area contributed by atoms with Crippen molar-refractivity contribution >= 4 is 41.1 Å². The molecule has 2 heterocycles. The SMILES string of the molecule is CCC(=O)CCCC(=O)Nc1ccc(SCC(=O)NC(=O)N[C@@H]2CC[C@]3(CO3)[C@@H](C3(C)O[C@@H]3CC=C(C)C)[C@@H]2OC)cc1. The Morgan fingerprint density at radius 3 is 2.47 bits per heavy atom. The second-order valence-electron chi connectivity index (χ2n) is 12.1. The molecule has 6 atom stereocenters. The quantitative estimate of drug-likeness (QED) is 0.155. The first kappa shape index (κ1) is 33.2. The van der Waals surface area contributed by atoms with Gasteiger partial charge in [-0.2, -0.15) is 0 Å². The molecule has 1 aliphatic carbocycles. The Morgan fingerprint density at radius 1 is 1.12 bits per heavy atom. The summed E-state index contributed by atoms with van der Waals surface area (Å²) in [5.41, 5.74) is 1.20. The van der Waals surface area contributed by atoms with Gasteiger partial charge in [-0.05, 0) is 70.7 Å². The third-order valence-corrected chi connectivity index (χ3v) is 9.64. The number of rotatable bonds is 14. The summed E-state index contributed by atoms with van der Waals surface area (Å²) in [7, 11) is 1.65. The van der Waals surface area contributed by atoms with Crippen molar-refractivity contribution in [1.82, 2.24) is 10.6 Å². The summed E-state index contributed by atoms with van der Waals surface area (Å²) in [4.78, 5) is 49.7. The lowest BCUT2D eigenvalue weighted by molar-refractivity contribution is -0.119. The molecule has 43 heavy (non-hydrogen) atoms. The van der Waals surface area contributed by atoms with Gasteiger partial charge in [0.1, 0.15) is 11.4 Å². The van der Waals surface area contributed by atoms with Gasteiger partial charge in [-0.15, -0.1) is 11.8 Å². The van der Waals surface area contributed by atoms with Gasteiger partial charge < -0.3 is 24.8 Å². The molecule has 0 aromatic heterocycles. The Hall–Kier alpha value is -2.73. The van der Waals surface area contributed by atoms with E-state index >= 15 is 0 Å². The van der Waals surface area contributed by atoms with E-state index in [1.54, 1.807) is 31.4 Å². The van der Waals surface area contributed by atoms with Crippen LogP contribution in [-0.2, 0) is 28.6 Å². The number of amides is 4. The Balaban J connectivity index is 1.23. The average molecular weight is 616 g/mol. The fraction of sp³-hybridized carbons (Fsp3) is 0.625. The van der Waals surface area contributed by atoms with E-state index in [2.05, 4.69) is 42.8 Å². The molecule has 1 aromatic rings. The van der Waals surface area contributed by atoms with Crippen molar-refractivity contribution in [3.05, 3.63) is 35.9 Å². The number of nitrogens with one attached hydrogen (secondary N) is 3. The Bertz CT molecular complexity index is 1210. The Morgan fingerprint density at radius 2 is 1.84 bits per heavy atom. The van der Waals surface area contributed by atoms with E-state index in [-0.39, 0.29) is 53.6 Å². The monoisotopic (exact) mass is 615 g/mol. The van der Waals surface area contributed by atoms with Crippen LogP contribution in [0.4, 0.5) is 10.5 Å². The zero-order valence-corrected chi connectivity index (χ0v) is 26.6. The summed E-state index contributed by atoms with van der Waals surface area (Å²) in [6.45, 7) is 8.73. The van der Waals surface area contributed by atoms with Crippen molar-refractivity contribution in [1.29, 1.82) is 0 Å². The number of methoxy groups -OCH3 is 1. The molecule has 3 fully saturated rings. The number of benzene rings is 1. The molecule has 1 spiro atoms. The van der Waals surface area contributed by atoms with Crippen LogP contribution in [0.15, 0.2) is 40.8 Å². The molecule has 1 aromatic carbocycles. The molecule has 1 saturated carbocycles. The van der Waals surface area contributed by atoms with E-state index < -0.39 is 17.5 Å². The first-order valence-electron chi connectivity index (χ1n) is 15.1. The minimum Gasteiger partial charge on any atom is -0.379 e. The van der Waals surface area contributed by atoms with Crippen LogP contribution in [0.1, 0.15) is 72.6 Å². The summed E-state index contributed by atoms with van der Waals surface area (Å²) in [6, 6.07) is 6.30. The zero-order chi connectivity index (χ0) is 31.2. The van der Waals surface area contributed by atoms with E-state index in [1.165, 1.54) is 17.3 Å². The van der Waals surface area contributed by atoms with Gasteiger partial charge >= 0.3 is 6.03 Å². The molecule has 236 valence electrons. The van der Waals surface area contributed by atoms with Crippen LogP contribution in [0.5, 0.6) is 0 Å². The van der Waals surface area contributed by atoms with Crippen molar-refractivity contribution in [3.8, 4) is 0 Å². The smallest absolute Gasteiger partial charge is 0.321 e. The van der Waals surface area contributed by atoms with Crippen molar-refractivity contribution in [2.24, 2.45) is 5.92 Å². The maximum atomic E-state index is 12.8. The largest absolute Gasteiger partial charge is 0.379 e. The van der Waals surface area contributed by atoms with Gasteiger partial charge in [0, 0.05) is 42.9 Å². The number of Topliss-reactive ketones (excluding diaryl/α,β-unsaturated/α-hetero) is 1. The fourth-order valence-electron chi connectivity index (χ4n) is 6.14. The van der Waals surface area contributed by atoms with Crippen molar-refractivity contribution in [3.63, 3.8) is 0 Å². The number of allylic oxidation sites excluding steroid dienone is 1. The molecule has 2 aliphatic heterocycles. The summed E-state index contributed by atoms with van der Waals surface area (Å²) in [5, 5.41) is 8.23. The molecular formula is C32H45N3O7S. The van der Waals surface area contributed by atoms with Gasteiger partial charge in [-0.3, -0.25) is 19.7 Å². The third-order valence-electron chi connectivity index (χ3n) is 8.62. The van der Waals surface area contributed by atoms with Crippen LogP contribution in [0.2, 0.25) is 0 Å². The van der Waals surface area contributed by atoms with Crippen molar-refractivity contribution in [2.45, 2.75) is 107 Å². The first-order valence-corrected chi connectivity index (χ1v) is 16.1. The minimum absolute atomic E-state index is 0.0381. The van der Waals surface area contributed by atoms with Gasteiger partial charge in [-0.25, -0.2) is 4.79 Å². The van der Waals surface area contributed by atoms with Gasteiger partial charge in [-0.1, -0.05) is 18.6 Å². The van der Waals surface area contributed by atoms with Crippen LogP contribution in [0.25, 0.3) is 0 Å². The van der Waals surface area contributed by atoms with Crippen molar-refractivity contribution in [2.75, 3.05) is 24.8 Å². The Kier molecular flexibility index (Phi) is 11.1. The normalized spacial score (nSPS) is 29.0. The van der Waals surface area contributed by atoms with E-state index in [9.17, 15) is 19.2 Å². The highest BCUT2D eigenvalue weighted by Gasteiger charge is 2.71. The number of ether oxygens (including phenoxy) is 3. The van der Waals surface area contributed by atoms with Crippen molar-refractivity contribution < 1.29 is 33.4 Å². The van der Waals surface area contributed by atoms with Gasteiger partial charge in [0.25, 0.3) is 0 Å². The number of anilines is 1. The predicted molar refractivity (Wildman–Crippen MR) is 165 cm³/mol. The van der Waals surface area contributed by atoms with Crippen LogP contribution >= 0.6 is 11.8 Å². The number of epoxide rings is 2. The van der Waals surface area contributed by atoms with Crippen LogP contribution < -0.4 is 16.0 Å². The second-order valence-corrected chi connectivity index (χ2v) is 13.2. The van der Waals surface area contributed by atoms with Crippen LogP contribution in [0.3, 0.4) is 0 Å². The van der Waals surface area contributed by atoms with Crippen LogP contribution in [0, 0.1) is 5.92 Å². The molecule has 3 aliphatic rings. The number of carbonyl (C=O) groups excluding carboxylic acids is 4. The topological polar surface area (TPSA) is 139 Å². The van der Waals surface area contributed by atoms with E-state index in [1.807, 2.05) is 6.92 Å². The number of urea groups is 1.